The van der Waals surface area contributed by atoms with Gasteiger partial charge in [-0.15, -0.1) is 0 Å². The van der Waals surface area contributed by atoms with Crippen molar-refractivity contribution in [3.63, 3.8) is 0 Å². The van der Waals surface area contributed by atoms with Crippen LogP contribution < -0.4 is 11.3 Å². The lowest BCUT2D eigenvalue weighted by Crippen LogP contribution is -2.28. The summed E-state index contributed by atoms with van der Waals surface area (Å²) in [5.41, 5.74) is 5.82. The van der Waals surface area contributed by atoms with E-state index in [2.05, 4.69) is 21.5 Å². The van der Waals surface area contributed by atoms with Crippen LogP contribution in [0.1, 0.15) is 30.9 Å². The standard InChI is InChI=1S/C14H20N4O/c1-19-9-3-2-4-12(18-15)11-5-6-13-14(10-11)17-8-7-16-13/h5-8,10,12,18H,2-4,9,15H2,1H3. The number of benzene rings is 1. The van der Waals surface area contributed by atoms with Gasteiger partial charge in [0.15, 0.2) is 0 Å². The molecule has 3 N–H and O–H groups in total. The molecule has 1 unspecified atom stereocenters. The normalized spacial score (nSPS) is 12.7. The van der Waals surface area contributed by atoms with E-state index < -0.39 is 0 Å². The number of methoxy groups -OCH3 is 1. The maximum atomic E-state index is 5.65. The molecule has 0 aliphatic rings. The molecule has 1 aromatic heterocycles. The van der Waals surface area contributed by atoms with Crippen molar-refractivity contribution in [3.8, 4) is 0 Å². The minimum absolute atomic E-state index is 0.142. The highest BCUT2D eigenvalue weighted by molar-refractivity contribution is 5.74. The van der Waals surface area contributed by atoms with Gasteiger partial charge in [-0.25, -0.2) is 0 Å². The lowest BCUT2D eigenvalue weighted by Gasteiger charge is -2.16. The maximum Gasteiger partial charge on any atom is 0.0890 e. The van der Waals surface area contributed by atoms with E-state index >= 15 is 0 Å². The van der Waals surface area contributed by atoms with E-state index in [9.17, 15) is 0 Å². The van der Waals surface area contributed by atoms with Crippen molar-refractivity contribution in [1.29, 1.82) is 0 Å². The highest BCUT2D eigenvalue weighted by Crippen LogP contribution is 2.21. The number of nitrogens with two attached hydrogens (primary N) is 1. The Morgan fingerprint density at radius 3 is 2.74 bits per heavy atom. The van der Waals surface area contributed by atoms with Gasteiger partial charge in [0.25, 0.3) is 0 Å². The van der Waals surface area contributed by atoms with E-state index in [0.29, 0.717) is 0 Å². The number of unbranched alkanes of at least 4 members (excludes halogenated alkanes) is 1. The number of fused-ring (bicyclic) bond motifs is 1. The van der Waals surface area contributed by atoms with Gasteiger partial charge >= 0.3 is 0 Å². The molecular formula is C14H20N4O. The summed E-state index contributed by atoms with van der Waals surface area (Å²) in [5, 5.41) is 0. The molecule has 0 aliphatic carbocycles. The first-order chi connectivity index (χ1) is 9.35. The SMILES string of the molecule is COCCCCC(NN)c1ccc2nccnc2c1. The first-order valence-electron chi connectivity index (χ1n) is 6.51. The molecule has 19 heavy (non-hydrogen) atoms. The van der Waals surface area contributed by atoms with E-state index in [4.69, 9.17) is 10.6 Å². The van der Waals surface area contributed by atoms with Gasteiger partial charge < -0.3 is 4.74 Å². The number of nitrogens with zero attached hydrogens (tertiary/aromatic N) is 2. The van der Waals surface area contributed by atoms with Gasteiger partial charge in [0, 0.05) is 32.2 Å². The number of nitrogens with one attached hydrogen (secondary N) is 1. The highest BCUT2D eigenvalue weighted by atomic mass is 16.5. The maximum absolute atomic E-state index is 5.65. The van der Waals surface area contributed by atoms with Crippen molar-refractivity contribution in [3.05, 3.63) is 36.2 Å². The number of aromatic nitrogens is 2. The molecule has 0 aliphatic heterocycles. The fourth-order valence-electron chi connectivity index (χ4n) is 2.14. The molecule has 0 bridgehead atoms. The molecule has 1 atom stereocenters. The van der Waals surface area contributed by atoms with Gasteiger partial charge in [0.2, 0.25) is 0 Å². The van der Waals surface area contributed by atoms with E-state index in [1.165, 1.54) is 0 Å². The van der Waals surface area contributed by atoms with Crippen LogP contribution in [0.25, 0.3) is 11.0 Å². The summed E-state index contributed by atoms with van der Waals surface area (Å²) in [6, 6.07) is 6.22. The Bertz CT molecular complexity index is 518. The van der Waals surface area contributed by atoms with Crippen LogP contribution in [-0.2, 0) is 4.74 Å². The third kappa shape index (κ3) is 3.70. The van der Waals surface area contributed by atoms with Crippen molar-refractivity contribution < 1.29 is 4.74 Å². The van der Waals surface area contributed by atoms with Gasteiger partial charge in [-0.1, -0.05) is 6.07 Å². The number of hydrogen-bond donors (Lipinski definition) is 2. The number of ether oxygens (including phenoxy) is 1. The summed E-state index contributed by atoms with van der Waals surface area (Å²) in [7, 11) is 1.72. The second-order valence-corrected chi connectivity index (χ2v) is 4.51. The van der Waals surface area contributed by atoms with Crippen LogP contribution in [0.15, 0.2) is 30.6 Å². The quantitative estimate of drug-likeness (QED) is 0.452. The Morgan fingerprint density at radius 2 is 2.00 bits per heavy atom. The monoisotopic (exact) mass is 260 g/mol. The largest absolute Gasteiger partial charge is 0.385 e. The molecule has 0 fully saturated rings. The molecule has 1 heterocycles. The average molecular weight is 260 g/mol. The smallest absolute Gasteiger partial charge is 0.0890 e. The van der Waals surface area contributed by atoms with Crippen LogP contribution in [0, 0.1) is 0 Å². The molecule has 0 saturated carbocycles. The van der Waals surface area contributed by atoms with Crippen LogP contribution in [0.4, 0.5) is 0 Å². The first kappa shape index (κ1) is 13.9. The molecule has 1 aromatic carbocycles. The van der Waals surface area contributed by atoms with Crippen molar-refractivity contribution in [2.24, 2.45) is 5.84 Å². The minimum Gasteiger partial charge on any atom is -0.385 e. The predicted molar refractivity (Wildman–Crippen MR) is 75.3 cm³/mol. The predicted octanol–water partition coefficient (Wildman–Crippen LogP) is 1.95. The molecule has 0 radical (unpaired) electrons. The van der Waals surface area contributed by atoms with Crippen molar-refractivity contribution in [2.75, 3.05) is 13.7 Å². The number of hydrazine groups is 1. The lowest BCUT2D eigenvalue weighted by atomic mass is 10.0. The third-order valence-electron chi connectivity index (χ3n) is 3.19. The van der Waals surface area contributed by atoms with Crippen LogP contribution in [0.5, 0.6) is 0 Å². The summed E-state index contributed by atoms with van der Waals surface area (Å²) >= 11 is 0. The molecule has 2 rings (SSSR count). The Labute approximate surface area is 113 Å². The molecule has 5 nitrogen and oxygen atoms in total. The van der Waals surface area contributed by atoms with Gasteiger partial charge in [0.1, 0.15) is 0 Å². The summed E-state index contributed by atoms with van der Waals surface area (Å²) in [6.45, 7) is 0.792. The second kappa shape index (κ2) is 7.13. The molecular weight excluding hydrogens is 240 g/mol. The summed E-state index contributed by atoms with van der Waals surface area (Å²) in [5.74, 6) is 5.65. The Balaban J connectivity index is 2.07. The topological polar surface area (TPSA) is 73.1 Å². The van der Waals surface area contributed by atoms with Crippen LogP contribution in [0.2, 0.25) is 0 Å². The van der Waals surface area contributed by atoms with Gasteiger partial charge in [0.05, 0.1) is 11.0 Å². The molecule has 2 aromatic rings. The lowest BCUT2D eigenvalue weighted by molar-refractivity contribution is 0.191. The molecule has 102 valence electrons. The van der Waals surface area contributed by atoms with E-state index in [1.54, 1.807) is 19.5 Å². The minimum atomic E-state index is 0.142. The molecule has 0 spiro atoms. The summed E-state index contributed by atoms with van der Waals surface area (Å²) in [6.07, 6.45) is 6.50. The fraction of sp³-hybridized carbons (Fsp3) is 0.429. The van der Waals surface area contributed by atoms with Gasteiger partial charge in [-0.2, -0.15) is 0 Å². The van der Waals surface area contributed by atoms with Crippen LogP contribution >= 0.6 is 0 Å². The summed E-state index contributed by atoms with van der Waals surface area (Å²) < 4.78 is 5.05. The second-order valence-electron chi connectivity index (χ2n) is 4.51. The molecule has 5 heteroatoms. The van der Waals surface area contributed by atoms with Crippen molar-refractivity contribution in [2.45, 2.75) is 25.3 Å². The first-order valence-corrected chi connectivity index (χ1v) is 6.51. The van der Waals surface area contributed by atoms with Crippen LogP contribution in [-0.4, -0.2) is 23.7 Å². The number of hydrogen-bond acceptors (Lipinski definition) is 5. The highest BCUT2D eigenvalue weighted by Gasteiger charge is 2.10. The fourth-order valence-corrected chi connectivity index (χ4v) is 2.14. The number of rotatable bonds is 7. The summed E-state index contributed by atoms with van der Waals surface area (Å²) in [4.78, 5) is 8.58. The molecule has 0 amide bonds. The zero-order chi connectivity index (χ0) is 13.5. The van der Waals surface area contributed by atoms with Gasteiger partial charge in [-0.05, 0) is 37.0 Å². The van der Waals surface area contributed by atoms with Crippen molar-refractivity contribution in [1.82, 2.24) is 15.4 Å². The van der Waals surface area contributed by atoms with E-state index in [1.807, 2.05) is 12.1 Å². The van der Waals surface area contributed by atoms with Crippen LogP contribution in [0.3, 0.4) is 0 Å². The Kier molecular flexibility index (Phi) is 5.20. The zero-order valence-corrected chi connectivity index (χ0v) is 11.2. The molecule has 0 saturated heterocycles. The third-order valence-corrected chi connectivity index (χ3v) is 3.19. The van der Waals surface area contributed by atoms with Crippen molar-refractivity contribution >= 4 is 11.0 Å². The Morgan fingerprint density at radius 1 is 1.21 bits per heavy atom. The average Bonchev–Trinajstić information content (AvgIpc) is 2.47. The van der Waals surface area contributed by atoms with E-state index in [0.717, 1.165) is 42.5 Å². The Hall–Kier alpha value is -1.56. The van der Waals surface area contributed by atoms with E-state index in [-0.39, 0.29) is 6.04 Å². The zero-order valence-electron chi connectivity index (χ0n) is 11.2. The van der Waals surface area contributed by atoms with Gasteiger partial charge in [-0.3, -0.25) is 21.2 Å².